The Bertz CT molecular complexity index is 888. The molecule has 1 aliphatic rings. The van der Waals surface area contributed by atoms with Gasteiger partial charge >= 0.3 is 0 Å². The van der Waals surface area contributed by atoms with E-state index < -0.39 is 0 Å². The van der Waals surface area contributed by atoms with Crippen molar-refractivity contribution in [1.29, 1.82) is 0 Å². The van der Waals surface area contributed by atoms with Crippen LogP contribution in [-0.2, 0) is 0 Å². The van der Waals surface area contributed by atoms with Gasteiger partial charge in [0.15, 0.2) is 0 Å². The molecule has 0 atom stereocenters. The number of benzene rings is 1. The number of ether oxygens (including phenoxy) is 1. The number of pyridine rings is 1. The lowest BCUT2D eigenvalue weighted by molar-refractivity contribution is 0.236. The quantitative estimate of drug-likeness (QED) is 0.593. The largest absolute Gasteiger partial charge is 0.478 e. The van der Waals surface area contributed by atoms with Gasteiger partial charge in [0.1, 0.15) is 0 Å². The molecule has 152 valence electrons. The van der Waals surface area contributed by atoms with Crippen LogP contribution >= 0.6 is 0 Å². The van der Waals surface area contributed by atoms with Crippen LogP contribution in [0.2, 0.25) is 0 Å². The first-order chi connectivity index (χ1) is 14.3. The highest BCUT2D eigenvalue weighted by molar-refractivity contribution is 5.54. The molecule has 1 aliphatic heterocycles. The van der Waals surface area contributed by atoms with Gasteiger partial charge in [0.05, 0.1) is 18.0 Å². The fourth-order valence-corrected chi connectivity index (χ4v) is 3.79. The molecule has 3 aromatic rings. The van der Waals surface area contributed by atoms with E-state index in [9.17, 15) is 0 Å². The molecule has 1 saturated heterocycles. The van der Waals surface area contributed by atoms with E-state index in [1.807, 2.05) is 24.3 Å². The molecule has 0 aliphatic carbocycles. The van der Waals surface area contributed by atoms with E-state index in [2.05, 4.69) is 56.2 Å². The predicted octanol–water partition coefficient (Wildman–Crippen LogP) is 3.76. The van der Waals surface area contributed by atoms with Gasteiger partial charge in [0.25, 0.3) is 0 Å². The second-order valence-corrected chi connectivity index (χ2v) is 7.50. The van der Waals surface area contributed by atoms with Crippen LogP contribution in [0.4, 0.5) is 5.69 Å². The van der Waals surface area contributed by atoms with Crippen molar-refractivity contribution >= 4 is 5.69 Å². The lowest BCUT2D eigenvalue weighted by atomic mass is 10.1. The first-order valence-corrected chi connectivity index (χ1v) is 10.4. The minimum atomic E-state index is 0.670. The van der Waals surface area contributed by atoms with Gasteiger partial charge in [-0.3, -0.25) is 10.00 Å². The number of aryl methyl sites for hydroxylation is 1. The predicted molar refractivity (Wildman–Crippen MR) is 116 cm³/mol. The molecule has 2 aromatic heterocycles. The summed E-state index contributed by atoms with van der Waals surface area (Å²) in [5, 5.41) is 6.90. The molecule has 6 heteroatoms. The number of hydrogen-bond acceptors (Lipinski definition) is 5. The second-order valence-electron chi connectivity index (χ2n) is 7.50. The third-order valence-corrected chi connectivity index (χ3v) is 5.45. The molecule has 6 nitrogen and oxygen atoms in total. The summed E-state index contributed by atoms with van der Waals surface area (Å²) in [6, 6.07) is 16.4. The summed E-state index contributed by atoms with van der Waals surface area (Å²) >= 11 is 0. The van der Waals surface area contributed by atoms with Crippen LogP contribution in [0.1, 0.15) is 18.4 Å². The van der Waals surface area contributed by atoms with Crippen LogP contribution in [-0.4, -0.2) is 59.4 Å². The average molecular weight is 392 g/mol. The van der Waals surface area contributed by atoms with Crippen LogP contribution in [0.25, 0.3) is 11.4 Å². The molecule has 29 heavy (non-hydrogen) atoms. The van der Waals surface area contributed by atoms with Crippen molar-refractivity contribution in [3.05, 3.63) is 60.3 Å². The Morgan fingerprint density at radius 3 is 2.62 bits per heavy atom. The summed E-state index contributed by atoms with van der Waals surface area (Å²) in [5.74, 6) is 0.670. The van der Waals surface area contributed by atoms with Crippen molar-refractivity contribution in [2.24, 2.45) is 0 Å². The lowest BCUT2D eigenvalue weighted by Gasteiger charge is -2.36. The highest BCUT2D eigenvalue weighted by atomic mass is 16.5. The molecule has 0 bridgehead atoms. The SMILES string of the molecule is Cc1ccccc1N1CCN(CCCCOc2cccc(-c3ccn[nH]3)n2)CC1. The van der Waals surface area contributed by atoms with Gasteiger partial charge < -0.3 is 9.64 Å². The summed E-state index contributed by atoms with van der Waals surface area (Å²) in [7, 11) is 0. The molecule has 1 N–H and O–H groups in total. The van der Waals surface area contributed by atoms with Crippen LogP contribution in [0.15, 0.2) is 54.7 Å². The molecule has 0 amide bonds. The Kier molecular flexibility index (Phi) is 6.42. The molecular formula is C23H29N5O. The van der Waals surface area contributed by atoms with Crippen molar-refractivity contribution in [2.45, 2.75) is 19.8 Å². The van der Waals surface area contributed by atoms with Crippen molar-refractivity contribution in [3.8, 4) is 17.3 Å². The first-order valence-electron chi connectivity index (χ1n) is 10.4. The zero-order valence-electron chi connectivity index (χ0n) is 17.1. The number of H-pyrrole nitrogens is 1. The van der Waals surface area contributed by atoms with E-state index in [1.54, 1.807) is 6.20 Å². The number of anilines is 1. The Hall–Kier alpha value is -2.86. The summed E-state index contributed by atoms with van der Waals surface area (Å²) in [6.07, 6.45) is 3.91. The van der Waals surface area contributed by atoms with Gasteiger partial charge in [-0.2, -0.15) is 5.10 Å². The van der Waals surface area contributed by atoms with Gasteiger partial charge in [-0.05, 0) is 50.1 Å². The average Bonchev–Trinajstić information content (AvgIpc) is 3.30. The maximum Gasteiger partial charge on any atom is 0.213 e. The number of para-hydroxylation sites is 1. The summed E-state index contributed by atoms with van der Waals surface area (Å²) in [4.78, 5) is 9.61. The lowest BCUT2D eigenvalue weighted by Crippen LogP contribution is -2.46. The molecule has 0 spiro atoms. The molecule has 1 fully saturated rings. The van der Waals surface area contributed by atoms with Gasteiger partial charge in [-0.1, -0.05) is 24.3 Å². The summed E-state index contributed by atoms with van der Waals surface area (Å²) in [6.45, 7) is 8.49. The number of aromatic amines is 1. The first kappa shape index (κ1) is 19.5. The van der Waals surface area contributed by atoms with Gasteiger partial charge in [-0.25, -0.2) is 4.98 Å². The maximum atomic E-state index is 5.85. The molecule has 0 unspecified atom stereocenters. The minimum Gasteiger partial charge on any atom is -0.478 e. The normalized spacial score (nSPS) is 14.9. The van der Waals surface area contributed by atoms with E-state index in [0.29, 0.717) is 12.5 Å². The fourth-order valence-electron chi connectivity index (χ4n) is 3.79. The number of piperazine rings is 1. The summed E-state index contributed by atoms with van der Waals surface area (Å²) in [5.41, 5.74) is 4.50. The summed E-state index contributed by atoms with van der Waals surface area (Å²) < 4.78 is 5.85. The minimum absolute atomic E-state index is 0.670. The maximum absolute atomic E-state index is 5.85. The topological polar surface area (TPSA) is 57.3 Å². The monoisotopic (exact) mass is 391 g/mol. The Morgan fingerprint density at radius 1 is 0.966 bits per heavy atom. The Balaban J connectivity index is 1.15. The van der Waals surface area contributed by atoms with Crippen LogP contribution < -0.4 is 9.64 Å². The number of hydrogen-bond donors (Lipinski definition) is 1. The zero-order chi connectivity index (χ0) is 19.9. The van der Waals surface area contributed by atoms with Crippen LogP contribution in [0, 0.1) is 6.92 Å². The highest BCUT2D eigenvalue weighted by Gasteiger charge is 2.17. The van der Waals surface area contributed by atoms with Gasteiger partial charge in [0, 0.05) is 44.1 Å². The van der Waals surface area contributed by atoms with E-state index >= 15 is 0 Å². The zero-order valence-corrected chi connectivity index (χ0v) is 17.1. The Labute approximate surface area is 172 Å². The Morgan fingerprint density at radius 2 is 1.83 bits per heavy atom. The van der Waals surface area contributed by atoms with E-state index in [0.717, 1.165) is 57.0 Å². The smallest absolute Gasteiger partial charge is 0.213 e. The third kappa shape index (κ3) is 5.15. The van der Waals surface area contributed by atoms with Crippen molar-refractivity contribution in [3.63, 3.8) is 0 Å². The van der Waals surface area contributed by atoms with E-state index in [-0.39, 0.29) is 0 Å². The fraction of sp³-hybridized carbons (Fsp3) is 0.391. The standard InChI is InChI=1S/C23H29N5O/c1-19-7-2-3-9-22(19)28-16-14-27(15-17-28)13-4-5-18-29-23-10-6-8-20(25-23)21-11-12-24-26-21/h2-3,6-12H,4-5,13-18H2,1H3,(H,24,26). The number of nitrogens with one attached hydrogen (secondary N) is 1. The van der Waals surface area contributed by atoms with Crippen molar-refractivity contribution in [2.75, 3.05) is 44.2 Å². The molecule has 4 rings (SSSR count). The van der Waals surface area contributed by atoms with Crippen molar-refractivity contribution < 1.29 is 4.74 Å². The van der Waals surface area contributed by atoms with E-state index in [1.165, 1.54) is 11.3 Å². The number of unbranched alkanes of at least 4 members (excludes halogenated alkanes) is 1. The second kappa shape index (κ2) is 9.56. The molecule has 0 saturated carbocycles. The molecular weight excluding hydrogens is 362 g/mol. The molecule has 3 heterocycles. The number of aromatic nitrogens is 3. The number of nitrogens with zero attached hydrogens (tertiary/aromatic N) is 4. The molecule has 1 aromatic carbocycles. The van der Waals surface area contributed by atoms with Crippen LogP contribution in [0.3, 0.4) is 0 Å². The van der Waals surface area contributed by atoms with Gasteiger partial charge in [-0.15, -0.1) is 0 Å². The van der Waals surface area contributed by atoms with Crippen LogP contribution in [0.5, 0.6) is 5.88 Å². The van der Waals surface area contributed by atoms with E-state index in [4.69, 9.17) is 4.74 Å². The highest BCUT2D eigenvalue weighted by Crippen LogP contribution is 2.21. The van der Waals surface area contributed by atoms with Crippen molar-refractivity contribution in [1.82, 2.24) is 20.1 Å². The third-order valence-electron chi connectivity index (χ3n) is 5.45. The molecule has 0 radical (unpaired) electrons. The van der Waals surface area contributed by atoms with Gasteiger partial charge in [0.2, 0.25) is 5.88 Å². The number of rotatable bonds is 8.